The molecule has 2 heterocycles. The monoisotopic (exact) mass is 339 g/mol. The fourth-order valence-electron chi connectivity index (χ4n) is 3.24. The molecule has 2 aliphatic rings. The Hall–Kier alpha value is -1.83. The van der Waals surface area contributed by atoms with Crippen molar-refractivity contribution in [1.29, 1.82) is 0 Å². The molecule has 24 heavy (non-hydrogen) atoms. The molecule has 2 rings (SSSR count). The lowest BCUT2D eigenvalue weighted by atomic mass is 9.79. The molecule has 8 heteroatoms. The number of aliphatic hydroxyl groups is 1. The molecule has 2 aliphatic heterocycles. The lowest BCUT2D eigenvalue weighted by Crippen LogP contribution is -2.56. The minimum Gasteiger partial charge on any atom is -0.388 e. The Balaban J connectivity index is 1.92. The second-order valence-corrected chi connectivity index (χ2v) is 7.12. The van der Waals surface area contributed by atoms with E-state index in [1.807, 2.05) is 6.92 Å². The van der Waals surface area contributed by atoms with Crippen LogP contribution in [0.3, 0.4) is 0 Å². The van der Waals surface area contributed by atoms with E-state index in [9.17, 15) is 14.7 Å². The molecule has 0 aliphatic carbocycles. The van der Waals surface area contributed by atoms with Crippen molar-refractivity contribution < 1.29 is 14.7 Å². The van der Waals surface area contributed by atoms with Gasteiger partial charge in [-0.15, -0.1) is 0 Å². The number of carbonyl (C=O) groups excluding carboxylic acids is 2. The van der Waals surface area contributed by atoms with Gasteiger partial charge in [0, 0.05) is 26.7 Å². The van der Waals surface area contributed by atoms with Crippen molar-refractivity contribution in [3.05, 3.63) is 0 Å². The Morgan fingerprint density at radius 2 is 2.08 bits per heavy atom. The van der Waals surface area contributed by atoms with E-state index >= 15 is 0 Å². The Kier molecular flexibility index (Phi) is 5.37. The summed E-state index contributed by atoms with van der Waals surface area (Å²) in [5.74, 6) is 0.608. The highest BCUT2D eigenvalue weighted by Gasteiger charge is 2.48. The number of piperidine rings is 1. The van der Waals surface area contributed by atoms with Crippen molar-refractivity contribution >= 4 is 17.9 Å². The summed E-state index contributed by atoms with van der Waals surface area (Å²) in [6.07, 6.45) is 2.23. The molecular weight excluding hydrogens is 310 g/mol. The first kappa shape index (κ1) is 18.5. The van der Waals surface area contributed by atoms with E-state index in [4.69, 9.17) is 0 Å². The third-order valence-electron chi connectivity index (χ3n) is 5.28. The molecule has 0 radical (unpaired) electrons. The van der Waals surface area contributed by atoms with Crippen LogP contribution in [0.2, 0.25) is 0 Å². The number of hydrogen-bond acceptors (Lipinski definition) is 4. The highest BCUT2D eigenvalue weighted by Crippen LogP contribution is 2.30. The lowest BCUT2D eigenvalue weighted by Gasteiger charge is -2.40. The zero-order valence-corrected chi connectivity index (χ0v) is 15.0. The molecule has 0 bridgehead atoms. The van der Waals surface area contributed by atoms with Crippen LogP contribution in [0.4, 0.5) is 4.79 Å². The molecule has 0 saturated carbocycles. The number of rotatable bonds is 4. The summed E-state index contributed by atoms with van der Waals surface area (Å²) in [6, 6.07) is -0.413. The standard InChI is InChI=1S/C16H29N5O3/c1-5-15(2,24)10-18-13(17-4)21-8-6-11(7-9-21)16(3)12(22)19-14(23)20-16/h11,24H,5-10H2,1-4H3,(H,17,18)(H2,19,20,22,23). The van der Waals surface area contributed by atoms with E-state index in [-0.39, 0.29) is 11.8 Å². The van der Waals surface area contributed by atoms with Gasteiger partial charge in [0.15, 0.2) is 5.96 Å². The number of likely N-dealkylation sites (tertiary alicyclic amines) is 1. The Morgan fingerprint density at radius 3 is 2.54 bits per heavy atom. The Morgan fingerprint density at radius 1 is 1.46 bits per heavy atom. The normalized spacial score (nSPS) is 28.4. The van der Waals surface area contributed by atoms with Crippen molar-refractivity contribution in [2.45, 2.75) is 51.2 Å². The van der Waals surface area contributed by atoms with Gasteiger partial charge in [0.25, 0.3) is 5.91 Å². The highest BCUT2D eigenvalue weighted by molar-refractivity contribution is 6.07. The van der Waals surface area contributed by atoms with Crippen LogP contribution in [-0.2, 0) is 4.79 Å². The zero-order chi connectivity index (χ0) is 18.0. The molecule has 2 unspecified atom stereocenters. The highest BCUT2D eigenvalue weighted by atomic mass is 16.3. The van der Waals surface area contributed by atoms with Gasteiger partial charge in [0.05, 0.1) is 5.60 Å². The van der Waals surface area contributed by atoms with Crippen molar-refractivity contribution in [1.82, 2.24) is 20.9 Å². The Labute approximate surface area is 143 Å². The number of guanidine groups is 1. The summed E-state index contributed by atoms with van der Waals surface area (Å²) in [6.45, 7) is 7.46. The average molecular weight is 339 g/mol. The molecule has 4 N–H and O–H groups in total. The molecule has 8 nitrogen and oxygen atoms in total. The molecule has 2 fully saturated rings. The van der Waals surface area contributed by atoms with Crippen molar-refractivity contribution in [2.24, 2.45) is 10.9 Å². The molecule has 136 valence electrons. The molecule has 0 aromatic heterocycles. The second-order valence-electron chi connectivity index (χ2n) is 7.12. The summed E-state index contributed by atoms with van der Waals surface area (Å²) in [4.78, 5) is 29.9. The number of urea groups is 1. The molecule has 2 saturated heterocycles. The van der Waals surface area contributed by atoms with Gasteiger partial charge in [-0.05, 0) is 39.0 Å². The van der Waals surface area contributed by atoms with Crippen LogP contribution < -0.4 is 16.0 Å². The maximum absolute atomic E-state index is 12.1. The van der Waals surface area contributed by atoms with Crippen molar-refractivity contribution in [3.63, 3.8) is 0 Å². The van der Waals surface area contributed by atoms with E-state index in [0.717, 1.165) is 31.9 Å². The summed E-state index contributed by atoms with van der Waals surface area (Å²) < 4.78 is 0. The number of nitrogens with one attached hydrogen (secondary N) is 3. The topological polar surface area (TPSA) is 106 Å². The summed E-state index contributed by atoms with van der Waals surface area (Å²) >= 11 is 0. The fourth-order valence-corrected chi connectivity index (χ4v) is 3.24. The van der Waals surface area contributed by atoms with E-state index < -0.39 is 17.2 Å². The van der Waals surface area contributed by atoms with Crippen LogP contribution >= 0.6 is 0 Å². The van der Waals surface area contributed by atoms with Crippen LogP contribution in [0.15, 0.2) is 4.99 Å². The molecule has 0 spiro atoms. The Bertz CT molecular complexity index is 526. The van der Waals surface area contributed by atoms with Crippen molar-refractivity contribution in [2.75, 3.05) is 26.7 Å². The van der Waals surface area contributed by atoms with E-state index in [2.05, 4.69) is 25.8 Å². The average Bonchev–Trinajstić information content (AvgIpc) is 2.82. The molecular formula is C16H29N5O3. The van der Waals surface area contributed by atoms with Crippen LogP contribution in [0.1, 0.15) is 40.0 Å². The first-order chi connectivity index (χ1) is 11.2. The molecule has 0 aromatic carbocycles. The predicted molar refractivity (Wildman–Crippen MR) is 91.7 cm³/mol. The third kappa shape index (κ3) is 3.80. The van der Waals surface area contributed by atoms with Gasteiger partial charge in [-0.1, -0.05) is 6.92 Å². The van der Waals surface area contributed by atoms with Gasteiger partial charge in [-0.3, -0.25) is 15.1 Å². The fraction of sp³-hybridized carbons (Fsp3) is 0.812. The van der Waals surface area contributed by atoms with E-state index in [0.29, 0.717) is 13.0 Å². The van der Waals surface area contributed by atoms with E-state index in [1.54, 1.807) is 20.9 Å². The minimum absolute atomic E-state index is 0.0945. The van der Waals surface area contributed by atoms with Gasteiger partial charge in [-0.25, -0.2) is 4.79 Å². The number of amides is 3. The number of hydrogen-bond donors (Lipinski definition) is 4. The zero-order valence-electron chi connectivity index (χ0n) is 15.0. The summed E-state index contributed by atoms with van der Waals surface area (Å²) in [5.41, 5.74) is -1.60. The summed E-state index contributed by atoms with van der Waals surface area (Å²) in [5, 5.41) is 18.4. The first-order valence-electron chi connectivity index (χ1n) is 8.53. The van der Waals surface area contributed by atoms with Crippen LogP contribution in [0.25, 0.3) is 0 Å². The first-order valence-corrected chi connectivity index (χ1v) is 8.53. The minimum atomic E-state index is -0.827. The lowest BCUT2D eigenvalue weighted by molar-refractivity contribution is -0.125. The second kappa shape index (κ2) is 6.96. The van der Waals surface area contributed by atoms with Gasteiger partial charge in [-0.2, -0.15) is 0 Å². The molecule has 3 amide bonds. The van der Waals surface area contributed by atoms with Crippen LogP contribution in [-0.4, -0.2) is 65.7 Å². The third-order valence-corrected chi connectivity index (χ3v) is 5.28. The van der Waals surface area contributed by atoms with Gasteiger partial charge in [0.1, 0.15) is 5.54 Å². The van der Waals surface area contributed by atoms with Crippen LogP contribution in [0.5, 0.6) is 0 Å². The largest absolute Gasteiger partial charge is 0.388 e. The van der Waals surface area contributed by atoms with E-state index in [1.165, 1.54) is 0 Å². The molecule has 2 atom stereocenters. The number of nitrogens with zero attached hydrogens (tertiary/aromatic N) is 2. The smallest absolute Gasteiger partial charge is 0.322 e. The predicted octanol–water partition coefficient (Wildman–Crippen LogP) is 0.0329. The van der Waals surface area contributed by atoms with Gasteiger partial charge >= 0.3 is 6.03 Å². The van der Waals surface area contributed by atoms with Crippen LogP contribution in [0, 0.1) is 5.92 Å². The van der Waals surface area contributed by atoms with Crippen molar-refractivity contribution in [3.8, 4) is 0 Å². The number of imide groups is 1. The molecule has 0 aromatic rings. The summed E-state index contributed by atoms with van der Waals surface area (Å²) in [7, 11) is 1.72. The maximum Gasteiger partial charge on any atom is 0.322 e. The number of carbonyl (C=O) groups is 2. The van der Waals surface area contributed by atoms with Gasteiger partial charge < -0.3 is 20.6 Å². The van der Waals surface area contributed by atoms with Gasteiger partial charge in [0.2, 0.25) is 0 Å². The quantitative estimate of drug-likeness (QED) is 0.329. The SMILES string of the molecule is CCC(C)(O)CNC(=NC)N1CCC(C2(C)NC(=O)NC2=O)CC1. The maximum atomic E-state index is 12.1. The number of aliphatic imine (C=N–C) groups is 1.